The van der Waals surface area contributed by atoms with Gasteiger partial charge >= 0.3 is 0 Å². The number of hydrogen-bond acceptors (Lipinski definition) is 2. The third kappa shape index (κ3) is 2.79. The lowest BCUT2D eigenvalue weighted by Crippen LogP contribution is -2.36. The van der Waals surface area contributed by atoms with Crippen molar-refractivity contribution in [1.29, 1.82) is 0 Å². The minimum atomic E-state index is 0.731. The fraction of sp³-hybridized carbons (Fsp3) is 0.600. The Morgan fingerprint density at radius 2 is 2.00 bits per heavy atom. The van der Waals surface area contributed by atoms with Crippen LogP contribution in [0.2, 0.25) is 5.02 Å². The molecule has 2 fully saturated rings. The van der Waals surface area contributed by atoms with Gasteiger partial charge < -0.3 is 4.90 Å². The normalized spacial score (nSPS) is 24.4. The SMILES string of the molecule is Cc1cc(Br)c(N2CCCN3CCCC3C2)cc1Cl. The first-order valence-corrected chi connectivity index (χ1v) is 8.27. The van der Waals surface area contributed by atoms with Gasteiger partial charge in [-0.1, -0.05) is 11.6 Å². The number of fused-ring (bicyclic) bond motifs is 1. The van der Waals surface area contributed by atoms with Gasteiger partial charge in [-0.25, -0.2) is 0 Å². The summed E-state index contributed by atoms with van der Waals surface area (Å²) < 4.78 is 1.17. The van der Waals surface area contributed by atoms with E-state index in [1.807, 2.05) is 0 Å². The number of anilines is 1. The van der Waals surface area contributed by atoms with Crippen LogP contribution in [0.15, 0.2) is 16.6 Å². The molecule has 0 aliphatic carbocycles. The molecule has 0 N–H and O–H groups in total. The van der Waals surface area contributed by atoms with Crippen LogP contribution in [0.1, 0.15) is 24.8 Å². The van der Waals surface area contributed by atoms with Crippen LogP contribution < -0.4 is 4.90 Å². The van der Waals surface area contributed by atoms with E-state index in [2.05, 4.69) is 44.8 Å². The minimum Gasteiger partial charge on any atom is -0.369 e. The van der Waals surface area contributed by atoms with Crippen molar-refractivity contribution >= 4 is 33.2 Å². The fourth-order valence-corrected chi connectivity index (χ4v) is 4.17. The molecule has 2 nitrogen and oxygen atoms in total. The Kier molecular flexibility index (Phi) is 4.06. The Morgan fingerprint density at radius 3 is 2.84 bits per heavy atom. The Morgan fingerprint density at radius 1 is 1.21 bits per heavy atom. The highest BCUT2D eigenvalue weighted by Crippen LogP contribution is 2.34. The highest BCUT2D eigenvalue weighted by atomic mass is 79.9. The Bertz CT molecular complexity index is 477. The molecule has 1 atom stereocenters. The molecular weight excluding hydrogens is 324 g/mol. The van der Waals surface area contributed by atoms with Gasteiger partial charge in [-0.3, -0.25) is 4.90 Å². The van der Waals surface area contributed by atoms with E-state index >= 15 is 0 Å². The van der Waals surface area contributed by atoms with E-state index in [9.17, 15) is 0 Å². The monoisotopic (exact) mass is 342 g/mol. The van der Waals surface area contributed by atoms with Crippen molar-refractivity contribution in [2.75, 3.05) is 31.1 Å². The maximum absolute atomic E-state index is 6.30. The first-order valence-electron chi connectivity index (χ1n) is 7.10. The standard InChI is InChI=1S/C15H20BrClN2/c1-11-8-13(16)15(9-14(11)17)19-7-3-6-18-5-2-4-12(18)10-19/h8-9,12H,2-7,10H2,1H3. The number of nitrogens with zero attached hydrogens (tertiary/aromatic N) is 2. The molecule has 4 heteroatoms. The lowest BCUT2D eigenvalue weighted by Gasteiger charge is -2.28. The van der Waals surface area contributed by atoms with Crippen molar-refractivity contribution in [2.45, 2.75) is 32.2 Å². The van der Waals surface area contributed by atoms with E-state index in [1.54, 1.807) is 0 Å². The molecule has 19 heavy (non-hydrogen) atoms. The molecule has 1 aromatic carbocycles. The summed E-state index contributed by atoms with van der Waals surface area (Å²) in [6.45, 7) is 6.85. The molecule has 3 rings (SSSR count). The summed E-state index contributed by atoms with van der Waals surface area (Å²) in [5, 5.41) is 0.866. The molecule has 2 saturated heterocycles. The molecular formula is C15H20BrClN2. The van der Waals surface area contributed by atoms with E-state index in [0.29, 0.717) is 0 Å². The third-order valence-corrected chi connectivity index (χ3v) is 5.41. The zero-order valence-corrected chi connectivity index (χ0v) is 13.7. The predicted molar refractivity (Wildman–Crippen MR) is 85.3 cm³/mol. The van der Waals surface area contributed by atoms with Crippen molar-refractivity contribution in [3.63, 3.8) is 0 Å². The summed E-state index contributed by atoms with van der Waals surface area (Å²) in [6, 6.07) is 4.98. The zero-order valence-electron chi connectivity index (χ0n) is 11.3. The molecule has 2 aliphatic rings. The molecule has 1 unspecified atom stereocenters. The van der Waals surface area contributed by atoms with Gasteiger partial charge in [0.05, 0.1) is 5.69 Å². The van der Waals surface area contributed by atoms with E-state index in [4.69, 9.17) is 11.6 Å². The van der Waals surface area contributed by atoms with E-state index in [-0.39, 0.29) is 0 Å². The highest BCUT2D eigenvalue weighted by Gasteiger charge is 2.29. The average molecular weight is 344 g/mol. The predicted octanol–water partition coefficient (Wildman–Crippen LogP) is 4.09. The number of halogens is 2. The maximum Gasteiger partial charge on any atom is 0.0526 e. The average Bonchev–Trinajstić information content (AvgIpc) is 2.71. The maximum atomic E-state index is 6.30. The molecule has 0 saturated carbocycles. The molecule has 0 spiro atoms. The number of benzene rings is 1. The summed E-state index contributed by atoms with van der Waals surface area (Å²) in [5.74, 6) is 0. The van der Waals surface area contributed by atoms with Crippen molar-refractivity contribution in [3.8, 4) is 0 Å². The summed E-state index contributed by atoms with van der Waals surface area (Å²) in [4.78, 5) is 5.16. The van der Waals surface area contributed by atoms with Crippen LogP contribution in [0.25, 0.3) is 0 Å². The Balaban J connectivity index is 1.86. The Labute approximate surface area is 128 Å². The second-order valence-corrected chi connectivity index (χ2v) is 6.95. The topological polar surface area (TPSA) is 6.48 Å². The van der Waals surface area contributed by atoms with Gasteiger partial charge in [0.15, 0.2) is 0 Å². The molecule has 0 amide bonds. The van der Waals surface area contributed by atoms with Crippen LogP contribution >= 0.6 is 27.5 Å². The smallest absolute Gasteiger partial charge is 0.0526 e. The van der Waals surface area contributed by atoms with Gasteiger partial charge in [0.2, 0.25) is 0 Å². The van der Waals surface area contributed by atoms with Gasteiger partial charge in [-0.2, -0.15) is 0 Å². The highest BCUT2D eigenvalue weighted by molar-refractivity contribution is 9.10. The second-order valence-electron chi connectivity index (χ2n) is 5.68. The van der Waals surface area contributed by atoms with Gasteiger partial charge in [-0.05, 0) is 66.4 Å². The van der Waals surface area contributed by atoms with E-state index in [0.717, 1.165) is 29.7 Å². The summed E-state index contributed by atoms with van der Waals surface area (Å²) >= 11 is 10.0. The van der Waals surface area contributed by atoms with Crippen molar-refractivity contribution in [1.82, 2.24) is 4.90 Å². The number of rotatable bonds is 1. The van der Waals surface area contributed by atoms with Crippen LogP contribution in [-0.4, -0.2) is 37.1 Å². The fourth-order valence-electron chi connectivity index (χ4n) is 3.30. The van der Waals surface area contributed by atoms with Crippen LogP contribution in [0, 0.1) is 6.92 Å². The lowest BCUT2D eigenvalue weighted by atomic mass is 10.1. The number of aryl methyl sites for hydroxylation is 1. The van der Waals surface area contributed by atoms with Crippen LogP contribution in [0.3, 0.4) is 0 Å². The third-order valence-electron chi connectivity index (χ3n) is 4.37. The minimum absolute atomic E-state index is 0.731. The van der Waals surface area contributed by atoms with Crippen LogP contribution in [0.5, 0.6) is 0 Å². The summed E-state index contributed by atoms with van der Waals surface area (Å²) in [6.07, 6.45) is 3.94. The molecule has 2 aliphatic heterocycles. The Hall–Kier alpha value is -0.250. The van der Waals surface area contributed by atoms with Crippen molar-refractivity contribution in [2.24, 2.45) is 0 Å². The van der Waals surface area contributed by atoms with Crippen LogP contribution in [-0.2, 0) is 0 Å². The van der Waals surface area contributed by atoms with Crippen LogP contribution in [0.4, 0.5) is 5.69 Å². The molecule has 104 valence electrons. The molecule has 0 bridgehead atoms. The van der Waals surface area contributed by atoms with Gasteiger partial charge in [-0.15, -0.1) is 0 Å². The zero-order chi connectivity index (χ0) is 13.4. The molecule has 0 aromatic heterocycles. The second kappa shape index (κ2) is 5.63. The molecule has 2 heterocycles. The van der Waals surface area contributed by atoms with Crippen molar-refractivity contribution in [3.05, 3.63) is 27.2 Å². The largest absolute Gasteiger partial charge is 0.369 e. The van der Waals surface area contributed by atoms with E-state index in [1.165, 1.54) is 42.5 Å². The molecule has 1 aromatic rings. The van der Waals surface area contributed by atoms with E-state index < -0.39 is 0 Å². The van der Waals surface area contributed by atoms with Gasteiger partial charge in [0.25, 0.3) is 0 Å². The summed E-state index contributed by atoms with van der Waals surface area (Å²) in [7, 11) is 0. The number of hydrogen-bond donors (Lipinski definition) is 0. The quantitative estimate of drug-likeness (QED) is 0.758. The van der Waals surface area contributed by atoms with Gasteiger partial charge in [0, 0.05) is 35.2 Å². The van der Waals surface area contributed by atoms with Gasteiger partial charge in [0.1, 0.15) is 0 Å². The molecule has 0 radical (unpaired) electrons. The lowest BCUT2D eigenvalue weighted by molar-refractivity contribution is 0.273. The van der Waals surface area contributed by atoms with Crippen molar-refractivity contribution < 1.29 is 0 Å². The summed E-state index contributed by atoms with van der Waals surface area (Å²) in [5.41, 5.74) is 2.39. The first-order chi connectivity index (χ1) is 9.15. The first kappa shape index (κ1) is 13.7.